The van der Waals surface area contributed by atoms with Crippen LogP contribution in [0, 0.1) is 0 Å². The monoisotopic (exact) mass is 250 g/mol. The van der Waals surface area contributed by atoms with Gasteiger partial charge in [0.2, 0.25) is 0 Å². The van der Waals surface area contributed by atoms with E-state index in [4.69, 9.17) is 10.5 Å². The van der Waals surface area contributed by atoms with Crippen LogP contribution in [0.15, 0.2) is 18.2 Å². The third kappa shape index (κ3) is 4.31. The van der Waals surface area contributed by atoms with Gasteiger partial charge in [0, 0.05) is 12.6 Å². The Labute approximate surface area is 111 Å². The van der Waals surface area contributed by atoms with Gasteiger partial charge in [-0.25, -0.2) is 0 Å². The number of hydrogen-bond donors (Lipinski definition) is 1. The number of nitrogens with two attached hydrogens (primary N) is 1. The summed E-state index contributed by atoms with van der Waals surface area (Å²) in [5, 5.41) is 0. The number of likely N-dealkylation sites (N-methyl/N-ethyl adjacent to an activating group) is 1. The van der Waals surface area contributed by atoms with Gasteiger partial charge in [-0.15, -0.1) is 0 Å². The SMILES string of the molecule is COc1ccc(C(C)C)cc1CC(N)CN(C)C. The van der Waals surface area contributed by atoms with Crippen molar-refractivity contribution >= 4 is 0 Å². The Bertz CT molecular complexity index is 375. The first-order valence-corrected chi connectivity index (χ1v) is 6.51. The number of methoxy groups -OCH3 is 1. The lowest BCUT2D eigenvalue weighted by Gasteiger charge is -2.19. The van der Waals surface area contributed by atoms with E-state index in [-0.39, 0.29) is 6.04 Å². The highest BCUT2D eigenvalue weighted by Crippen LogP contribution is 2.25. The Kier molecular flexibility index (Phi) is 5.63. The molecule has 0 aromatic heterocycles. The van der Waals surface area contributed by atoms with Gasteiger partial charge in [0.05, 0.1) is 7.11 Å². The maximum absolute atomic E-state index is 6.16. The second kappa shape index (κ2) is 6.76. The van der Waals surface area contributed by atoms with Crippen molar-refractivity contribution in [3.05, 3.63) is 29.3 Å². The van der Waals surface area contributed by atoms with E-state index >= 15 is 0 Å². The molecule has 0 fully saturated rings. The summed E-state index contributed by atoms with van der Waals surface area (Å²) < 4.78 is 5.42. The van der Waals surface area contributed by atoms with Crippen molar-refractivity contribution < 1.29 is 4.74 Å². The molecule has 0 spiro atoms. The van der Waals surface area contributed by atoms with E-state index < -0.39 is 0 Å². The summed E-state index contributed by atoms with van der Waals surface area (Å²) in [6.07, 6.45) is 0.849. The van der Waals surface area contributed by atoms with E-state index in [1.54, 1.807) is 7.11 Å². The molecule has 102 valence electrons. The topological polar surface area (TPSA) is 38.5 Å². The molecular weight excluding hydrogens is 224 g/mol. The summed E-state index contributed by atoms with van der Waals surface area (Å²) in [6, 6.07) is 6.53. The van der Waals surface area contributed by atoms with Crippen LogP contribution in [0.1, 0.15) is 30.9 Å². The van der Waals surface area contributed by atoms with Gasteiger partial charge in [-0.1, -0.05) is 26.0 Å². The molecule has 0 aliphatic carbocycles. The minimum absolute atomic E-state index is 0.135. The lowest BCUT2D eigenvalue weighted by atomic mass is 9.97. The molecule has 1 aromatic carbocycles. The predicted molar refractivity (Wildman–Crippen MR) is 77.3 cm³/mol. The van der Waals surface area contributed by atoms with Crippen LogP contribution in [0.3, 0.4) is 0 Å². The van der Waals surface area contributed by atoms with Gasteiger partial charge >= 0.3 is 0 Å². The molecule has 0 amide bonds. The zero-order valence-electron chi connectivity index (χ0n) is 12.2. The minimum atomic E-state index is 0.135. The van der Waals surface area contributed by atoms with Crippen LogP contribution >= 0.6 is 0 Å². The molecule has 1 atom stereocenters. The molecule has 0 saturated heterocycles. The van der Waals surface area contributed by atoms with Crippen molar-refractivity contribution in [2.24, 2.45) is 5.73 Å². The fourth-order valence-corrected chi connectivity index (χ4v) is 2.13. The van der Waals surface area contributed by atoms with Crippen molar-refractivity contribution in [1.82, 2.24) is 4.90 Å². The molecule has 0 heterocycles. The average Bonchev–Trinajstić information content (AvgIpc) is 2.27. The van der Waals surface area contributed by atoms with Crippen LogP contribution in [-0.2, 0) is 6.42 Å². The summed E-state index contributed by atoms with van der Waals surface area (Å²) in [7, 11) is 5.80. The second-order valence-electron chi connectivity index (χ2n) is 5.45. The largest absolute Gasteiger partial charge is 0.496 e. The maximum atomic E-state index is 6.16. The van der Waals surface area contributed by atoms with Gasteiger partial charge in [0.1, 0.15) is 5.75 Å². The Morgan fingerprint density at radius 1 is 1.28 bits per heavy atom. The van der Waals surface area contributed by atoms with E-state index in [0.29, 0.717) is 5.92 Å². The van der Waals surface area contributed by atoms with Crippen LogP contribution in [-0.4, -0.2) is 38.7 Å². The maximum Gasteiger partial charge on any atom is 0.122 e. The Hall–Kier alpha value is -1.06. The fraction of sp³-hybridized carbons (Fsp3) is 0.600. The van der Waals surface area contributed by atoms with Gasteiger partial charge in [0.25, 0.3) is 0 Å². The number of benzene rings is 1. The third-order valence-corrected chi connectivity index (χ3v) is 3.05. The quantitative estimate of drug-likeness (QED) is 0.841. The highest BCUT2D eigenvalue weighted by Gasteiger charge is 2.11. The smallest absolute Gasteiger partial charge is 0.122 e. The summed E-state index contributed by atoms with van der Waals surface area (Å²) in [5.74, 6) is 1.47. The van der Waals surface area contributed by atoms with Crippen LogP contribution in [0.4, 0.5) is 0 Å². The predicted octanol–water partition coefficient (Wildman–Crippen LogP) is 2.25. The average molecular weight is 250 g/mol. The van der Waals surface area contributed by atoms with Gasteiger partial charge in [-0.2, -0.15) is 0 Å². The molecular formula is C15H26N2O. The molecule has 1 aromatic rings. The number of rotatable bonds is 6. The van der Waals surface area contributed by atoms with Crippen LogP contribution in [0.25, 0.3) is 0 Å². The van der Waals surface area contributed by atoms with E-state index in [9.17, 15) is 0 Å². The molecule has 1 unspecified atom stereocenters. The van der Waals surface area contributed by atoms with Gasteiger partial charge in [-0.3, -0.25) is 0 Å². The summed E-state index contributed by atoms with van der Waals surface area (Å²) in [5.41, 5.74) is 8.70. The molecule has 0 bridgehead atoms. The Balaban J connectivity index is 2.87. The molecule has 3 nitrogen and oxygen atoms in total. The van der Waals surface area contributed by atoms with Crippen molar-refractivity contribution in [1.29, 1.82) is 0 Å². The summed E-state index contributed by atoms with van der Waals surface area (Å²) >= 11 is 0. The Morgan fingerprint density at radius 2 is 1.94 bits per heavy atom. The molecule has 3 heteroatoms. The normalized spacial score (nSPS) is 13.1. The van der Waals surface area contributed by atoms with E-state index in [1.165, 1.54) is 11.1 Å². The lowest BCUT2D eigenvalue weighted by Crippen LogP contribution is -2.35. The van der Waals surface area contributed by atoms with Gasteiger partial charge in [-0.05, 0) is 43.6 Å². The van der Waals surface area contributed by atoms with E-state index in [0.717, 1.165) is 18.7 Å². The first kappa shape index (κ1) is 15.0. The number of ether oxygens (including phenoxy) is 1. The van der Waals surface area contributed by atoms with Gasteiger partial charge in [0.15, 0.2) is 0 Å². The summed E-state index contributed by atoms with van der Waals surface area (Å²) in [6.45, 7) is 5.28. The fourth-order valence-electron chi connectivity index (χ4n) is 2.13. The van der Waals surface area contributed by atoms with E-state index in [1.807, 2.05) is 20.2 Å². The molecule has 18 heavy (non-hydrogen) atoms. The van der Waals surface area contributed by atoms with Crippen LogP contribution in [0.2, 0.25) is 0 Å². The highest BCUT2D eigenvalue weighted by molar-refractivity contribution is 5.39. The van der Waals surface area contributed by atoms with Crippen molar-refractivity contribution in [3.8, 4) is 5.75 Å². The number of nitrogens with zero attached hydrogens (tertiary/aromatic N) is 1. The molecule has 0 saturated carbocycles. The molecule has 0 aliphatic heterocycles. The molecule has 2 N–H and O–H groups in total. The standard InChI is InChI=1S/C15H26N2O/c1-11(2)12-6-7-15(18-5)13(8-12)9-14(16)10-17(3)4/h6-8,11,14H,9-10,16H2,1-5H3. The Morgan fingerprint density at radius 3 is 2.44 bits per heavy atom. The minimum Gasteiger partial charge on any atom is -0.496 e. The molecule has 1 rings (SSSR count). The van der Waals surface area contributed by atoms with Crippen molar-refractivity contribution in [2.45, 2.75) is 32.2 Å². The summed E-state index contributed by atoms with van der Waals surface area (Å²) in [4.78, 5) is 2.11. The van der Waals surface area contributed by atoms with Crippen LogP contribution in [0.5, 0.6) is 5.75 Å². The zero-order valence-corrected chi connectivity index (χ0v) is 12.2. The van der Waals surface area contributed by atoms with Gasteiger partial charge < -0.3 is 15.4 Å². The van der Waals surface area contributed by atoms with Crippen molar-refractivity contribution in [2.75, 3.05) is 27.7 Å². The van der Waals surface area contributed by atoms with Crippen LogP contribution < -0.4 is 10.5 Å². The highest BCUT2D eigenvalue weighted by atomic mass is 16.5. The van der Waals surface area contributed by atoms with Crippen molar-refractivity contribution in [3.63, 3.8) is 0 Å². The first-order chi connectivity index (χ1) is 8.43. The first-order valence-electron chi connectivity index (χ1n) is 6.51. The number of hydrogen-bond acceptors (Lipinski definition) is 3. The third-order valence-electron chi connectivity index (χ3n) is 3.05. The second-order valence-corrected chi connectivity index (χ2v) is 5.45. The lowest BCUT2D eigenvalue weighted by molar-refractivity contribution is 0.365. The molecule has 0 aliphatic rings. The molecule has 0 radical (unpaired) electrons. The van der Waals surface area contributed by atoms with E-state index in [2.05, 4.69) is 30.9 Å². The zero-order chi connectivity index (χ0) is 13.7.